The van der Waals surface area contributed by atoms with E-state index in [-0.39, 0.29) is 11.7 Å². The van der Waals surface area contributed by atoms with Gasteiger partial charge in [0.25, 0.3) is 5.91 Å². The summed E-state index contributed by atoms with van der Waals surface area (Å²) in [5.41, 5.74) is 2.60. The van der Waals surface area contributed by atoms with Crippen LogP contribution in [0.4, 0.5) is 10.1 Å². The van der Waals surface area contributed by atoms with Gasteiger partial charge in [-0.25, -0.2) is 9.07 Å². The monoisotopic (exact) mass is 394 g/mol. The molecule has 0 saturated carbocycles. The minimum absolute atomic E-state index is 0.0699. The van der Waals surface area contributed by atoms with E-state index in [1.165, 1.54) is 16.9 Å². The summed E-state index contributed by atoms with van der Waals surface area (Å²) in [5.74, 6) is 0.384. The van der Waals surface area contributed by atoms with Crippen molar-refractivity contribution in [3.63, 3.8) is 0 Å². The fourth-order valence-electron chi connectivity index (χ4n) is 3.62. The number of carbonyl (C=O) groups is 1. The Bertz CT molecular complexity index is 1010. The molecule has 0 bridgehead atoms. The Kier molecular flexibility index (Phi) is 5.20. The van der Waals surface area contributed by atoms with Crippen LogP contribution in [0.3, 0.4) is 0 Å². The van der Waals surface area contributed by atoms with Crippen molar-refractivity contribution in [2.45, 2.75) is 6.92 Å². The maximum Gasteiger partial charge on any atom is 0.257 e. The zero-order valence-electron chi connectivity index (χ0n) is 16.5. The van der Waals surface area contributed by atoms with Gasteiger partial charge >= 0.3 is 0 Å². The molecule has 0 aliphatic carbocycles. The lowest BCUT2D eigenvalue weighted by Gasteiger charge is -2.36. The predicted octanol–water partition coefficient (Wildman–Crippen LogP) is 3.29. The Morgan fingerprint density at radius 3 is 2.38 bits per heavy atom. The molecule has 150 valence electrons. The molecule has 1 aliphatic heterocycles. The van der Waals surface area contributed by atoms with Crippen LogP contribution in [0.25, 0.3) is 5.69 Å². The molecule has 0 radical (unpaired) electrons. The number of benzene rings is 2. The van der Waals surface area contributed by atoms with Crippen molar-refractivity contribution in [3.05, 3.63) is 71.8 Å². The maximum absolute atomic E-state index is 14.1. The van der Waals surface area contributed by atoms with Crippen LogP contribution in [0.1, 0.15) is 16.1 Å². The van der Waals surface area contributed by atoms with Gasteiger partial charge in [0, 0.05) is 31.9 Å². The van der Waals surface area contributed by atoms with Crippen molar-refractivity contribution in [1.29, 1.82) is 0 Å². The summed E-state index contributed by atoms with van der Waals surface area (Å²) >= 11 is 0. The SMILES string of the molecule is COc1ccc(N2CCN(C(=O)c3cnn(-c4ccccc4F)c3C)CC2)cc1. The second kappa shape index (κ2) is 7.95. The minimum atomic E-state index is -0.370. The number of amides is 1. The smallest absolute Gasteiger partial charge is 0.257 e. The van der Waals surface area contributed by atoms with E-state index < -0.39 is 0 Å². The van der Waals surface area contributed by atoms with E-state index in [9.17, 15) is 9.18 Å². The number of halogens is 1. The fourth-order valence-corrected chi connectivity index (χ4v) is 3.62. The molecule has 0 unspecified atom stereocenters. The highest BCUT2D eigenvalue weighted by molar-refractivity contribution is 5.95. The molecular formula is C22H23FN4O2. The van der Waals surface area contributed by atoms with E-state index in [4.69, 9.17) is 4.74 Å². The highest BCUT2D eigenvalue weighted by Gasteiger charge is 2.25. The number of carbonyl (C=O) groups excluding carboxylic acids is 1. The number of methoxy groups -OCH3 is 1. The van der Waals surface area contributed by atoms with Gasteiger partial charge in [-0.3, -0.25) is 4.79 Å². The van der Waals surface area contributed by atoms with Crippen LogP contribution in [0.15, 0.2) is 54.7 Å². The number of ether oxygens (including phenoxy) is 1. The van der Waals surface area contributed by atoms with E-state index in [1.54, 1.807) is 32.2 Å². The average Bonchev–Trinajstić information content (AvgIpc) is 3.15. The third-order valence-electron chi connectivity index (χ3n) is 5.33. The number of nitrogens with zero attached hydrogens (tertiary/aromatic N) is 4. The molecule has 2 heterocycles. The standard InChI is InChI=1S/C22H23FN4O2/c1-16-19(15-24-27(16)21-6-4-3-5-20(21)23)22(28)26-13-11-25(12-14-26)17-7-9-18(29-2)10-8-17/h3-10,15H,11-14H2,1-2H3. The van der Waals surface area contributed by atoms with Crippen LogP contribution in [0.5, 0.6) is 5.75 Å². The molecule has 29 heavy (non-hydrogen) atoms. The van der Waals surface area contributed by atoms with Gasteiger partial charge in [-0.1, -0.05) is 12.1 Å². The molecule has 0 N–H and O–H groups in total. The molecule has 7 heteroatoms. The Morgan fingerprint density at radius 2 is 1.72 bits per heavy atom. The summed E-state index contributed by atoms with van der Waals surface area (Å²) in [5, 5.41) is 4.25. The van der Waals surface area contributed by atoms with Crippen LogP contribution in [0.2, 0.25) is 0 Å². The molecule has 1 fully saturated rings. The molecule has 4 rings (SSSR count). The summed E-state index contributed by atoms with van der Waals surface area (Å²) in [7, 11) is 1.65. The van der Waals surface area contributed by atoms with Crippen molar-refractivity contribution in [3.8, 4) is 11.4 Å². The first-order chi connectivity index (χ1) is 14.1. The largest absolute Gasteiger partial charge is 0.497 e. The molecular weight excluding hydrogens is 371 g/mol. The van der Waals surface area contributed by atoms with Crippen molar-refractivity contribution in [2.24, 2.45) is 0 Å². The van der Waals surface area contributed by atoms with E-state index in [2.05, 4.69) is 10.00 Å². The van der Waals surface area contributed by atoms with Gasteiger partial charge in [0.05, 0.1) is 24.6 Å². The van der Waals surface area contributed by atoms with Gasteiger partial charge in [-0.2, -0.15) is 5.10 Å². The summed E-state index contributed by atoms with van der Waals surface area (Å²) < 4.78 is 20.8. The lowest BCUT2D eigenvalue weighted by atomic mass is 10.2. The van der Waals surface area contributed by atoms with Gasteiger partial charge in [-0.15, -0.1) is 0 Å². The maximum atomic E-state index is 14.1. The van der Waals surface area contributed by atoms with E-state index in [0.717, 1.165) is 24.5 Å². The third kappa shape index (κ3) is 3.68. The van der Waals surface area contributed by atoms with Crippen LogP contribution >= 0.6 is 0 Å². The van der Waals surface area contributed by atoms with Gasteiger partial charge in [-0.05, 0) is 43.3 Å². The Hall–Kier alpha value is -3.35. The molecule has 0 spiro atoms. The molecule has 6 nitrogen and oxygen atoms in total. The number of para-hydroxylation sites is 1. The van der Waals surface area contributed by atoms with Gasteiger partial charge in [0.2, 0.25) is 0 Å². The molecule has 1 aliphatic rings. The van der Waals surface area contributed by atoms with Crippen molar-refractivity contribution in [1.82, 2.24) is 14.7 Å². The molecule has 0 atom stereocenters. The molecule has 1 aromatic heterocycles. The third-order valence-corrected chi connectivity index (χ3v) is 5.33. The Balaban J connectivity index is 1.45. The normalized spacial score (nSPS) is 14.2. The minimum Gasteiger partial charge on any atom is -0.497 e. The highest BCUT2D eigenvalue weighted by atomic mass is 19.1. The number of rotatable bonds is 4. The fraction of sp³-hybridized carbons (Fsp3) is 0.273. The number of anilines is 1. The van der Waals surface area contributed by atoms with Crippen LogP contribution in [-0.2, 0) is 0 Å². The lowest BCUT2D eigenvalue weighted by molar-refractivity contribution is 0.0746. The van der Waals surface area contributed by atoms with Gasteiger partial charge in [0.1, 0.15) is 17.3 Å². The van der Waals surface area contributed by atoms with Crippen molar-refractivity contribution >= 4 is 11.6 Å². The lowest BCUT2D eigenvalue weighted by Crippen LogP contribution is -2.48. The number of piperazine rings is 1. The molecule has 1 amide bonds. The zero-order valence-corrected chi connectivity index (χ0v) is 16.5. The summed E-state index contributed by atoms with van der Waals surface area (Å²) in [6.45, 7) is 4.53. The van der Waals surface area contributed by atoms with Gasteiger partial charge in [0.15, 0.2) is 0 Å². The number of hydrogen-bond acceptors (Lipinski definition) is 4. The molecule has 2 aromatic carbocycles. The first kappa shape index (κ1) is 19.0. The van der Waals surface area contributed by atoms with E-state index in [0.29, 0.717) is 30.0 Å². The average molecular weight is 394 g/mol. The first-order valence-corrected chi connectivity index (χ1v) is 9.56. The summed E-state index contributed by atoms with van der Waals surface area (Å²) in [6.07, 6.45) is 1.53. The quantitative estimate of drug-likeness (QED) is 0.681. The Morgan fingerprint density at radius 1 is 1.03 bits per heavy atom. The molecule has 3 aromatic rings. The van der Waals surface area contributed by atoms with Crippen LogP contribution in [-0.4, -0.2) is 53.9 Å². The van der Waals surface area contributed by atoms with E-state index >= 15 is 0 Å². The van der Waals surface area contributed by atoms with E-state index in [1.807, 2.05) is 29.2 Å². The summed E-state index contributed by atoms with van der Waals surface area (Å²) in [4.78, 5) is 17.1. The number of hydrogen-bond donors (Lipinski definition) is 0. The van der Waals surface area contributed by atoms with Crippen LogP contribution < -0.4 is 9.64 Å². The topological polar surface area (TPSA) is 50.6 Å². The first-order valence-electron chi connectivity index (χ1n) is 9.56. The summed E-state index contributed by atoms with van der Waals surface area (Å²) in [6, 6.07) is 14.3. The van der Waals surface area contributed by atoms with Crippen LogP contribution in [0, 0.1) is 12.7 Å². The molecule has 1 saturated heterocycles. The second-order valence-electron chi connectivity index (χ2n) is 6.98. The zero-order chi connectivity index (χ0) is 20.4. The van der Waals surface area contributed by atoms with Crippen molar-refractivity contribution in [2.75, 3.05) is 38.2 Å². The highest BCUT2D eigenvalue weighted by Crippen LogP contribution is 2.22. The van der Waals surface area contributed by atoms with Crippen molar-refractivity contribution < 1.29 is 13.9 Å². The Labute approximate surface area is 169 Å². The predicted molar refractivity (Wildman–Crippen MR) is 109 cm³/mol. The second-order valence-corrected chi connectivity index (χ2v) is 6.98. The number of aromatic nitrogens is 2. The van der Waals surface area contributed by atoms with Gasteiger partial charge < -0.3 is 14.5 Å².